The molecule has 1 fully saturated rings. The molecule has 1 saturated carbocycles. The van der Waals surface area contributed by atoms with E-state index in [1.165, 1.54) is 12.8 Å². The Labute approximate surface area is 116 Å². The van der Waals surface area contributed by atoms with Crippen molar-refractivity contribution in [1.29, 1.82) is 0 Å². The van der Waals surface area contributed by atoms with Crippen LogP contribution < -0.4 is 11.1 Å². The molecule has 0 spiro atoms. The number of ether oxygens (including phenoxy) is 1. The van der Waals surface area contributed by atoms with Gasteiger partial charge < -0.3 is 20.7 Å². The van der Waals surface area contributed by atoms with Crippen LogP contribution in [0.2, 0.25) is 0 Å². The molecule has 1 unspecified atom stereocenters. The molecule has 19 heavy (non-hydrogen) atoms. The van der Waals surface area contributed by atoms with Gasteiger partial charge in [0.05, 0.1) is 12.1 Å². The van der Waals surface area contributed by atoms with Crippen molar-refractivity contribution < 1.29 is 9.53 Å². The van der Waals surface area contributed by atoms with Gasteiger partial charge in [0, 0.05) is 19.7 Å². The Kier molecular flexibility index (Phi) is 6.75. The van der Waals surface area contributed by atoms with Crippen LogP contribution in [0.15, 0.2) is 0 Å². The first-order valence-electron chi connectivity index (χ1n) is 7.29. The minimum absolute atomic E-state index is 0.285. The zero-order chi connectivity index (χ0) is 14.3. The highest BCUT2D eigenvalue weighted by Gasteiger charge is 2.29. The molecule has 1 aliphatic carbocycles. The highest BCUT2D eigenvalue weighted by Crippen LogP contribution is 2.28. The van der Waals surface area contributed by atoms with Crippen LogP contribution in [-0.2, 0) is 9.53 Å². The molecule has 1 atom stereocenters. The topological polar surface area (TPSA) is 67.6 Å². The number of hydrogen-bond acceptors (Lipinski definition) is 4. The number of carbonyl (C=O) groups is 1. The van der Waals surface area contributed by atoms with E-state index < -0.39 is 5.54 Å². The maximum absolute atomic E-state index is 11.5. The Morgan fingerprint density at radius 2 is 2.16 bits per heavy atom. The minimum atomic E-state index is -0.613. The van der Waals surface area contributed by atoms with Gasteiger partial charge in [-0.05, 0) is 45.7 Å². The number of amides is 1. The van der Waals surface area contributed by atoms with E-state index in [0.717, 1.165) is 45.2 Å². The molecular formula is C14H29N3O2. The van der Waals surface area contributed by atoms with Crippen LogP contribution in [0.25, 0.3) is 0 Å². The molecule has 0 aromatic carbocycles. The van der Waals surface area contributed by atoms with E-state index in [1.807, 2.05) is 20.9 Å². The predicted octanol–water partition coefficient (Wildman–Crippen LogP) is 0.588. The zero-order valence-corrected chi connectivity index (χ0v) is 12.6. The number of likely N-dealkylation sites (N-methyl/N-ethyl adjacent to an activating group) is 2. The summed E-state index contributed by atoms with van der Waals surface area (Å²) in [5.41, 5.74) is 4.85. The second-order valence-corrected chi connectivity index (χ2v) is 5.80. The molecule has 0 aromatic heterocycles. The summed E-state index contributed by atoms with van der Waals surface area (Å²) in [5.74, 6) is 0.532. The molecule has 112 valence electrons. The Bertz CT molecular complexity index is 282. The zero-order valence-electron chi connectivity index (χ0n) is 12.6. The summed E-state index contributed by atoms with van der Waals surface area (Å²) in [6, 6.07) is 0. The average Bonchev–Trinajstić information content (AvgIpc) is 3.16. The molecule has 5 nitrogen and oxygen atoms in total. The predicted molar refractivity (Wildman–Crippen MR) is 76.9 cm³/mol. The largest absolute Gasteiger partial charge is 0.380 e. The molecule has 1 aliphatic rings. The monoisotopic (exact) mass is 271 g/mol. The van der Waals surface area contributed by atoms with E-state index >= 15 is 0 Å². The smallest absolute Gasteiger partial charge is 0.237 e. The van der Waals surface area contributed by atoms with Gasteiger partial charge >= 0.3 is 0 Å². The first-order chi connectivity index (χ1) is 8.98. The van der Waals surface area contributed by atoms with Gasteiger partial charge in [-0.3, -0.25) is 4.79 Å². The fourth-order valence-corrected chi connectivity index (χ4v) is 1.97. The Hall–Kier alpha value is -0.650. The lowest BCUT2D eigenvalue weighted by molar-refractivity contribution is -0.124. The first-order valence-corrected chi connectivity index (χ1v) is 7.29. The van der Waals surface area contributed by atoms with Crippen LogP contribution in [0.4, 0.5) is 0 Å². The van der Waals surface area contributed by atoms with Gasteiger partial charge in [0.15, 0.2) is 0 Å². The van der Waals surface area contributed by atoms with Gasteiger partial charge in [-0.1, -0.05) is 6.92 Å². The van der Waals surface area contributed by atoms with Crippen molar-refractivity contribution >= 4 is 5.91 Å². The summed E-state index contributed by atoms with van der Waals surface area (Å²) in [7, 11) is 2.05. The summed E-state index contributed by atoms with van der Waals surface area (Å²) >= 11 is 0. The molecule has 0 aliphatic heterocycles. The normalized spacial score (nSPS) is 18.5. The van der Waals surface area contributed by atoms with E-state index in [9.17, 15) is 4.79 Å². The number of hydrogen-bond donors (Lipinski definition) is 2. The summed E-state index contributed by atoms with van der Waals surface area (Å²) in [5, 5.41) is 3.17. The number of rotatable bonds is 11. The summed E-state index contributed by atoms with van der Waals surface area (Å²) in [6.07, 6.45) is 3.38. The summed E-state index contributed by atoms with van der Waals surface area (Å²) in [4.78, 5) is 13.7. The van der Waals surface area contributed by atoms with Crippen LogP contribution in [-0.4, -0.2) is 56.2 Å². The van der Waals surface area contributed by atoms with Gasteiger partial charge in [0.2, 0.25) is 5.91 Å². The SMILES string of the molecule is CCNC(C)(CCN(C)CCOCC1CC1)C(N)=O. The number of nitrogens with zero attached hydrogens (tertiary/aromatic N) is 1. The highest BCUT2D eigenvalue weighted by molar-refractivity contribution is 5.84. The van der Waals surface area contributed by atoms with Crippen molar-refractivity contribution in [3.05, 3.63) is 0 Å². The molecule has 5 heteroatoms. The van der Waals surface area contributed by atoms with Gasteiger partial charge in [-0.15, -0.1) is 0 Å². The molecule has 0 heterocycles. The average molecular weight is 271 g/mol. The Morgan fingerprint density at radius 3 is 2.68 bits per heavy atom. The number of nitrogens with two attached hydrogens (primary N) is 1. The highest BCUT2D eigenvalue weighted by atomic mass is 16.5. The first kappa shape index (κ1) is 16.4. The fraction of sp³-hybridized carbons (Fsp3) is 0.929. The van der Waals surface area contributed by atoms with Gasteiger partial charge in [0.1, 0.15) is 0 Å². The van der Waals surface area contributed by atoms with Crippen LogP contribution in [0.1, 0.15) is 33.1 Å². The Morgan fingerprint density at radius 1 is 1.47 bits per heavy atom. The van der Waals surface area contributed by atoms with Crippen LogP contribution in [0, 0.1) is 5.92 Å². The molecule has 3 N–H and O–H groups in total. The number of carbonyl (C=O) groups excluding carboxylic acids is 1. The Balaban J connectivity index is 2.14. The molecule has 1 amide bonds. The van der Waals surface area contributed by atoms with E-state index in [0.29, 0.717) is 0 Å². The lowest BCUT2D eigenvalue weighted by Gasteiger charge is -2.29. The third-order valence-electron chi connectivity index (χ3n) is 3.77. The van der Waals surface area contributed by atoms with Crippen LogP contribution in [0.3, 0.4) is 0 Å². The maximum Gasteiger partial charge on any atom is 0.237 e. The van der Waals surface area contributed by atoms with Gasteiger partial charge in [-0.2, -0.15) is 0 Å². The van der Waals surface area contributed by atoms with Crippen molar-refractivity contribution in [1.82, 2.24) is 10.2 Å². The molecule has 0 radical (unpaired) electrons. The van der Waals surface area contributed by atoms with Crippen molar-refractivity contribution in [2.24, 2.45) is 11.7 Å². The van der Waals surface area contributed by atoms with Gasteiger partial charge in [0.25, 0.3) is 0 Å². The van der Waals surface area contributed by atoms with Crippen molar-refractivity contribution in [3.8, 4) is 0 Å². The van der Waals surface area contributed by atoms with Crippen LogP contribution >= 0.6 is 0 Å². The van der Waals surface area contributed by atoms with E-state index in [2.05, 4.69) is 10.2 Å². The third-order valence-corrected chi connectivity index (χ3v) is 3.77. The quantitative estimate of drug-likeness (QED) is 0.540. The molecule has 0 aromatic rings. The maximum atomic E-state index is 11.5. The summed E-state index contributed by atoms with van der Waals surface area (Å²) in [6.45, 7) is 8.00. The number of nitrogens with one attached hydrogen (secondary N) is 1. The van der Waals surface area contributed by atoms with Crippen LogP contribution in [0.5, 0.6) is 0 Å². The molecular weight excluding hydrogens is 242 g/mol. The van der Waals surface area contributed by atoms with E-state index in [-0.39, 0.29) is 5.91 Å². The van der Waals surface area contributed by atoms with Crippen molar-refractivity contribution in [3.63, 3.8) is 0 Å². The minimum Gasteiger partial charge on any atom is -0.380 e. The second kappa shape index (κ2) is 7.82. The van der Waals surface area contributed by atoms with E-state index in [4.69, 9.17) is 10.5 Å². The molecule has 1 rings (SSSR count). The van der Waals surface area contributed by atoms with E-state index in [1.54, 1.807) is 0 Å². The lowest BCUT2D eigenvalue weighted by Crippen LogP contribution is -2.54. The molecule has 0 saturated heterocycles. The molecule has 0 bridgehead atoms. The lowest BCUT2D eigenvalue weighted by atomic mass is 9.96. The van der Waals surface area contributed by atoms with Crippen molar-refractivity contribution in [2.75, 3.05) is 39.9 Å². The number of primary amides is 1. The second-order valence-electron chi connectivity index (χ2n) is 5.80. The van der Waals surface area contributed by atoms with Gasteiger partial charge in [-0.25, -0.2) is 0 Å². The summed E-state index contributed by atoms with van der Waals surface area (Å²) < 4.78 is 5.61. The standard InChI is InChI=1S/C14H29N3O2/c1-4-16-14(2,13(15)18)7-8-17(3)9-10-19-11-12-5-6-12/h12,16H,4-11H2,1-3H3,(H2,15,18). The van der Waals surface area contributed by atoms with Crippen molar-refractivity contribution in [2.45, 2.75) is 38.6 Å². The third kappa shape index (κ3) is 6.36. The fourth-order valence-electron chi connectivity index (χ4n) is 1.97.